The number of carbonyl (C=O) groups excluding carboxylic acids is 1. The van der Waals surface area contributed by atoms with E-state index in [0.29, 0.717) is 4.83 Å². The lowest BCUT2D eigenvalue weighted by Crippen LogP contribution is -2.28. The molecule has 2 heterocycles. The zero-order valence-electron chi connectivity index (χ0n) is 9.49. The van der Waals surface area contributed by atoms with Crippen LogP contribution >= 0.6 is 15.9 Å². The zero-order chi connectivity index (χ0) is 11.8. The molecule has 1 aromatic rings. The molecule has 1 unspecified atom stereocenters. The Morgan fingerprint density at radius 1 is 1.47 bits per heavy atom. The van der Waals surface area contributed by atoms with Crippen LogP contribution in [-0.2, 0) is 6.42 Å². The number of fused-ring (bicyclic) bond motifs is 1. The molecule has 3 rings (SSSR count). The van der Waals surface area contributed by atoms with Gasteiger partial charge in [-0.05, 0) is 30.2 Å². The molecule has 90 valence electrons. The lowest BCUT2D eigenvalue weighted by atomic mass is 10.1. The van der Waals surface area contributed by atoms with Gasteiger partial charge < -0.3 is 9.64 Å². The van der Waals surface area contributed by atoms with E-state index < -0.39 is 0 Å². The van der Waals surface area contributed by atoms with Crippen molar-refractivity contribution in [2.45, 2.75) is 17.7 Å². The summed E-state index contributed by atoms with van der Waals surface area (Å²) in [6.45, 7) is 2.40. The number of amides is 1. The molecule has 1 aromatic carbocycles. The second kappa shape index (κ2) is 4.33. The molecule has 0 saturated carbocycles. The first-order chi connectivity index (χ1) is 8.24. The summed E-state index contributed by atoms with van der Waals surface area (Å²) in [6.07, 6.45) is 1.96. The number of hydrogen-bond donors (Lipinski definition) is 0. The van der Waals surface area contributed by atoms with E-state index >= 15 is 0 Å². The number of nitrogens with zero attached hydrogens (tertiary/aromatic N) is 1. The number of alkyl halides is 1. The molecule has 0 bridgehead atoms. The van der Waals surface area contributed by atoms with E-state index in [1.165, 1.54) is 0 Å². The van der Waals surface area contributed by atoms with Crippen LogP contribution in [0.4, 0.5) is 0 Å². The summed E-state index contributed by atoms with van der Waals surface area (Å²) >= 11 is 3.56. The minimum atomic E-state index is 0.140. The molecule has 0 N–H and O–H groups in total. The normalized spacial score (nSPS) is 22.4. The van der Waals surface area contributed by atoms with Crippen LogP contribution in [-0.4, -0.2) is 35.3 Å². The van der Waals surface area contributed by atoms with Crippen molar-refractivity contribution in [2.75, 3.05) is 19.7 Å². The third kappa shape index (κ3) is 2.06. The smallest absolute Gasteiger partial charge is 0.253 e. The Morgan fingerprint density at radius 3 is 3.12 bits per heavy atom. The van der Waals surface area contributed by atoms with Crippen LogP contribution < -0.4 is 4.74 Å². The molecule has 0 radical (unpaired) electrons. The van der Waals surface area contributed by atoms with Gasteiger partial charge >= 0.3 is 0 Å². The number of halogens is 1. The minimum Gasteiger partial charge on any atom is -0.493 e. The van der Waals surface area contributed by atoms with Gasteiger partial charge in [-0.1, -0.05) is 15.9 Å². The van der Waals surface area contributed by atoms with Crippen molar-refractivity contribution in [3.8, 4) is 5.75 Å². The molecule has 4 heteroatoms. The first kappa shape index (κ1) is 11.1. The van der Waals surface area contributed by atoms with Crippen LogP contribution in [0, 0.1) is 0 Å². The van der Waals surface area contributed by atoms with Crippen LogP contribution in [0.3, 0.4) is 0 Å². The van der Waals surface area contributed by atoms with E-state index in [4.69, 9.17) is 4.74 Å². The number of carbonyl (C=O) groups is 1. The van der Waals surface area contributed by atoms with E-state index in [-0.39, 0.29) is 5.91 Å². The Kier molecular flexibility index (Phi) is 2.82. The molecular formula is C13H14BrNO2. The van der Waals surface area contributed by atoms with E-state index in [1.54, 1.807) is 0 Å². The maximum atomic E-state index is 12.3. The largest absolute Gasteiger partial charge is 0.493 e. The number of ether oxygens (including phenoxy) is 1. The molecule has 1 saturated heterocycles. The average Bonchev–Trinajstić information content (AvgIpc) is 2.95. The van der Waals surface area contributed by atoms with Gasteiger partial charge in [0, 0.05) is 29.9 Å². The summed E-state index contributed by atoms with van der Waals surface area (Å²) in [6, 6.07) is 5.76. The molecule has 3 nitrogen and oxygen atoms in total. The second-order valence-electron chi connectivity index (χ2n) is 4.56. The maximum Gasteiger partial charge on any atom is 0.253 e. The Morgan fingerprint density at radius 2 is 2.35 bits per heavy atom. The van der Waals surface area contributed by atoms with Crippen molar-refractivity contribution in [1.82, 2.24) is 4.90 Å². The molecule has 2 aliphatic rings. The first-order valence-corrected chi connectivity index (χ1v) is 6.84. The van der Waals surface area contributed by atoms with Crippen molar-refractivity contribution >= 4 is 21.8 Å². The average molecular weight is 296 g/mol. The van der Waals surface area contributed by atoms with Crippen molar-refractivity contribution in [3.05, 3.63) is 29.3 Å². The van der Waals surface area contributed by atoms with Gasteiger partial charge in [0.1, 0.15) is 5.75 Å². The van der Waals surface area contributed by atoms with Gasteiger partial charge in [-0.2, -0.15) is 0 Å². The number of likely N-dealkylation sites (tertiary alicyclic amines) is 1. The number of rotatable bonds is 1. The highest BCUT2D eigenvalue weighted by Crippen LogP contribution is 2.27. The minimum absolute atomic E-state index is 0.140. The molecule has 0 aromatic heterocycles. The summed E-state index contributed by atoms with van der Waals surface area (Å²) in [7, 11) is 0. The summed E-state index contributed by atoms with van der Waals surface area (Å²) in [4.78, 5) is 14.6. The predicted octanol–water partition coefficient (Wildman–Crippen LogP) is 2.23. The second-order valence-corrected chi connectivity index (χ2v) is 5.85. The van der Waals surface area contributed by atoms with E-state index in [0.717, 1.165) is 49.4 Å². The van der Waals surface area contributed by atoms with Crippen molar-refractivity contribution in [3.63, 3.8) is 0 Å². The fraction of sp³-hybridized carbons (Fsp3) is 0.462. The molecule has 0 aliphatic carbocycles. The Balaban J connectivity index is 1.82. The highest BCUT2D eigenvalue weighted by molar-refractivity contribution is 9.09. The quantitative estimate of drug-likeness (QED) is 0.744. The van der Waals surface area contributed by atoms with Crippen molar-refractivity contribution in [2.24, 2.45) is 0 Å². The lowest BCUT2D eigenvalue weighted by molar-refractivity contribution is 0.0793. The fourth-order valence-corrected chi connectivity index (χ4v) is 2.96. The highest BCUT2D eigenvalue weighted by Gasteiger charge is 2.26. The van der Waals surface area contributed by atoms with Gasteiger partial charge in [0.25, 0.3) is 5.91 Å². The van der Waals surface area contributed by atoms with Gasteiger partial charge in [0.2, 0.25) is 0 Å². The molecule has 0 spiro atoms. The lowest BCUT2D eigenvalue weighted by Gasteiger charge is -2.15. The number of hydrogen-bond acceptors (Lipinski definition) is 2. The van der Waals surface area contributed by atoms with Crippen LogP contribution in [0.2, 0.25) is 0 Å². The van der Waals surface area contributed by atoms with Gasteiger partial charge in [0.05, 0.1) is 6.61 Å². The van der Waals surface area contributed by atoms with Crippen LogP contribution in [0.1, 0.15) is 22.3 Å². The third-order valence-electron chi connectivity index (χ3n) is 3.35. The van der Waals surface area contributed by atoms with E-state index in [9.17, 15) is 4.79 Å². The molecule has 2 aliphatic heterocycles. The van der Waals surface area contributed by atoms with Crippen LogP contribution in [0.15, 0.2) is 18.2 Å². The Labute approximate surface area is 109 Å². The zero-order valence-corrected chi connectivity index (χ0v) is 11.1. The Bertz CT molecular complexity index is 461. The van der Waals surface area contributed by atoms with Gasteiger partial charge in [-0.15, -0.1) is 0 Å². The maximum absolute atomic E-state index is 12.3. The topological polar surface area (TPSA) is 29.5 Å². The summed E-state index contributed by atoms with van der Waals surface area (Å²) < 4.78 is 5.44. The Hall–Kier alpha value is -1.03. The van der Waals surface area contributed by atoms with E-state index in [1.807, 2.05) is 23.1 Å². The van der Waals surface area contributed by atoms with Crippen molar-refractivity contribution in [1.29, 1.82) is 0 Å². The van der Waals surface area contributed by atoms with Gasteiger partial charge in [-0.3, -0.25) is 4.79 Å². The first-order valence-electron chi connectivity index (χ1n) is 5.93. The third-order valence-corrected chi connectivity index (χ3v) is 4.10. The standard InChI is InChI=1S/C13H14BrNO2/c14-11-3-5-15(8-11)13(16)10-1-2-12-9(7-10)4-6-17-12/h1-2,7,11H,3-6,8H2. The fourth-order valence-electron chi connectivity index (χ4n) is 2.40. The summed E-state index contributed by atoms with van der Waals surface area (Å²) in [5.74, 6) is 1.07. The van der Waals surface area contributed by atoms with Crippen LogP contribution in [0.5, 0.6) is 5.75 Å². The monoisotopic (exact) mass is 295 g/mol. The highest BCUT2D eigenvalue weighted by atomic mass is 79.9. The molecule has 17 heavy (non-hydrogen) atoms. The summed E-state index contributed by atoms with van der Waals surface area (Å²) in [5, 5.41) is 0. The molecule has 1 amide bonds. The van der Waals surface area contributed by atoms with Gasteiger partial charge in [-0.25, -0.2) is 0 Å². The number of benzene rings is 1. The molecular weight excluding hydrogens is 282 g/mol. The summed E-state index contributed by atoms with van der Waals surface area (Å²) in [5.41, 5.74) is 1.95. The van der Waals surface area contributed by atoms with Crippen LogP contribution in [0.25, 0.3) is 0 Å². The van der Waals surface area contributed by atoms with E-state index in [2.05, 4.69) is 15.9 Å². The van der Waals surface area contributed by atoms with Gasteiger partial charge in [0.15, 0.2) is 0 Å². The van der Waals surface area contributed by atoms with Crippen molar-refractivity contribution < 1.29 is 9.53 Å². The molecule has 1 atom stereocenters. The predicted molar refractivity (Wildman–Crippen MR) is 68.9 cm³/mol. The molecule has 1 fully saturated rings. The SMILES string of the molecule is O=C(c1ccc2c(c1)CCO2)N1CCC(Br)C1.